The minimum atomic E-state index is -0.212. The highest BCUT2D eigenvalue weighted by atomic mass is 16.5. The minimum absolute atomic E-state index is 0.212. The molecule has 0 heterocycles. The van der Waals surface area contributed by atoms with Gasteiger partial charge in [0.1, 0.15) is 24.7 Å². The molecule has 0 saturated carbocycles. The Balaban J connectivity index is 1.97. The van der Waals surface area contributed by atoms with Crippen molar-refractivity contribution in [3.8, 4) is 11.5 Å². The van der Waals surface area contributed by atoms with Gasteiger partial charge in [-0.1, -0.05) is 24.8 Å². The van der Waals surface area contributed by atoms with Gasteiger partial charge in [0.15, 0.2) is 0 Å². The molecule has 0 radical (unpaired) electrons. The highest BCUT2D eigenvalue weighted by Crippen LogP contribution is 2.19. The van der Waals surface area contributed by atoms with Gasteiger partial charge in [0, 0.05) is 23.9 Å². The van der Waals surface area contributed by atoms with E-state index in [-0.39, 0.29) is 5.91 Å². The lowest BCUT2D eigenvalue weighted by Gasteiger charge is -2.10. The maximum atomic E-state index is 12.4. The molecule has 1 amide bonds. The first-order valence-corrected chi connectivity index (χ1v) is 8.18. The van der Waals surface area contributed by atoms with Gasteiger partial charge in [-0.2, -0.15) is 0 Å². The molecular formula is C20H23NO4. The van der Waals surface area contributed by atoms with Gasteiger partial charge in [0.25, 0.3) is 5.91 Å². The Labute approximate surface area is 148 Å². The predicted octanol–water partition coefficient (Wildman–Crippen LogP) is 3.92. The lowest BCUT2D eigenvalue weighted by atomic mass is 10.2. The molecule has 2 aromatic rings. The highest BCUT2D eigenvalue weighted by Gasteiger charge is 2.08. The molecule has 0 atom stereocenters. The average molecular weight is 341 g/mol. The molecular weight excluding hydrogens is 318 g/mol. The molecule has 25 heavy (non-hydrogen) atoms. The van der Waals surface area contributed by atoms with E-state index in [1.807, 2.05) is 25.1 Å². The van der Waals surface area contributed by atoms with Gasteiger partial charge in [-0.25, -0.2) is 0 Å². The second kappa shape index (κ2) is 10.2. The molecule has 5 heteroatoms. The zero-order chi connectivity index (χ0) is 17.9. The lowest BCUT2D eigenvalue weighted by Crippen LogP contribution is -2.12. The molecule has 0 unspecified atom stereocenters. The summed E-state index contributed by atoms with van der Waals surface area (Å²) in [6.07, 6.45) is 1.67. The number of hydrogen-bond donors (Lipinski definition) is 1. The van der Waals surface area contributed by atoms with Gasteiger partial charge in [-0.3, -0.25) is 4.79 Å². The maximum absolute atomic E-state index is 12.4. The van der Waals surface area contributed by atoms with Crippen molar-refractivity contribution in [2.24, 2.45) is 0 Å². The highest BCUT2D eigenvalue weighted by molar-refractivity contribution is 6.04. The SMILES string of the molecule is C=CCOc1cccc(NC(=O)c2cccc(OCCOCC)c2)c1. The van der Waals surface area contributed by atoms with Gasteiger partial charge < -0.3 is 19.5 Å². The molecule has 0 spiro atoms. The number of carbonyl (C=O) groups excluding carboxylic acids is 1. The van der Waals surface area contributed by atoms with Crippen molar-refractivity contribution < 1.29 is 19.0 Å². The van der Waals surface area contributed by atoms with Crippen LogP contribution in [0.15, 0.2) is 61.2 Å². The quantitative estimate of drug-likeness (QED) is 0.526. The van der Waals surface area contributed by atoms with Crippen molar-refractivity contribution in [3.05, 3.63) is 66.7 Å². The van der Waals surface area contributed by atoms with E-state index in [4.69, 9.17) is 14.2 Å². The summed E-state index contributed by atoms with van der Waals surface area (Å²) in [7, 11) is 0. The fraction of sp³-hybridized carbons (Fsp3) is 0.250. The smallest absolute Gasteiger partial charge is 0.255 e. The Morgan fingerprint density at radius 3 is 2.60 bits per heavy atom. The number of benzene rings is 2. The molecule has 0 aromatic heterocycles. The van der Waals surface area contributed by atoms with Crippen LogP contribution in [-0.2, 0) is 4.74 Å². The van der Waals surface area contributed by atoms with Crippen LogP contribution in [0.2, 0.25) is 0 Å². The first-order valence-electron chi connectivity index (χ1n) is 8.18. The third-order valence-corrected chi connectivity index (χ3v) is 3.26. The molecule has 0 aliphatic rings. The van der Waals surface area contributed by atoms with E-state index in [2.05, 4.69) is 11.9 Å². The average Bonchev–Trinajstić information content (AvgIpc) is 2.64. The Kier molecular flexibility index (Phi) is 7.53. The number of rotatable bonds is 10. The van der Waals surface area contributed by atoms with Gasteiger partial charge >= 0.3 is 0 Å². The van der Waals surface area contributed by atoms with E-state index in [0.29, 0.717) is 49.2 Å². The van der Waals surface area contributed by atoms with Crippen LogP contribution in [0.5, 0.6) is 11.5 Å². The van der Waals surface area contributed by atoms with Gasteiger partial charge in [0.05, 0.1) is 6.61 Å². The van der Waals surface area contributed by atoms with Crippen molar-refractivity contribution in [3.63, 3.8) is 0 Å². The number of nitrogens with one attached hydrogen (secondary N) is 1. The standard InChI is InChI=1S/C20H23NO4/c1-3-11-24-19-10-6-8-17(15-19)21-20(22)16-7-5-9-18(14-16)25-13-12-23-4-2/h3,5-10,14-15H,1,4,11-13H2,2H3,(H,21,22). The molecule has 1 N–H and O–H groups in total. The second-order valence-electron chi connectivity index (χ2n) is 5.15. The summed E-state index contributed by atoms with van der Waals surface area (Å²) in [6.45, 7) is 7.58. The predicted molar refractivity (Wildman–Crippen MR) is 98.5 cm³/mol. The van der Waals surface area contributed by atoms with Crippen molar-refractivity contribution in [2.75, 3.05) is 31.7 Å². The van der Waals surface area contributed by atoms with E-state index in [1.54, 1.807) is 36.4 Å². The van der Waals surface area contributed by atoms with E-state index in [0.717, 1.165) is 0 Å². The molecule has 0 fully saturated rings. The Hall–Kier alpha value is -2.79. The molecule has 0 saturated heterocycles. The summed E-state index contributed by atoms with van der Waals surface area (Å²) in [5.41, 5.74) is 1.18. The van der Waals surface area contributed by atoms with Crippen LogP contribution in [0.1, 0.15) is 17.3 Å². The zero-order valence-electron chi connectivity index (χ0n) is 14.4. The molecule has 132 valence electrons. The fourth-order valence-electron chi connectivity index (χ4n) is 2.11. The normalized spacial score (nSPS) is 10.1. The van der Waals surface area contributed by atoms with Crippen LogP contribution < -0.4 is 14.8 Å². The lowest BCUT2D eigenvalue weighted by molar-refractivity contribution is 0.102. The van der Waals surface area contributed by atoms with E-state index < -0.39 is 0 Å². The number of amides is 1. The third kappa shape index (κ3) is 6.31. The largest absolute Gasteiger partial charge is 0.491 e. The first kappa shape index (κ1) is 18.5. The number of ether oxygens (including phenoxy) is 3. The monoisotopic (exact) mass is 341 g/mol. The van der Waals surface area contributed by atoms with Crippen LogP contribution >= 0.6 is 0 Å². The fourth-order valence-corrected chi connectivity index (χ4v) is 2.11. The molecule has 0 aliphatic carbocycles. The second-order valence-corrected chi connectivity index (χ2v) is 5.15. The first-order chi connectivity index (χ1) is 12.2. The van der Waals surface area contributed by atoms with Gasteiger partial charge in [-0.05, 0) is 37.3 Å². The van der Waals surface area contributed by atoms with E-state index >= 15 is 0 Å². The Morgan fingerprint density at radius 2 is 1.84 bits per heavy atom. The Morgan fingerprint density at radius 1 is 1.08 bits per heavy atom. The molecule has 5 nitrogen and oxygen atoms in total. The molecule has 2 rings (SSSR count). The van der Waals surface area contributed by atoms with Crippen molar-refractivity contribution >= 4 is 11.6 Å². The van der Waals surface area contributed by atoms with Gasteiger partial charge in [0.2, 0.25) is 0 Å². The topological polar surface area (TPSA) is 56.8 Å². The van der Waals surface area contributed by atoms with Crippen LogP contribution in [0, 0.1) is 0 Å². The zero-order valence-corrected chi connectivity index (χ0v) is 14.4. The summed E-state index contributed by atoms with van der Waals surface area (Å²) in [6, 6.07) is 14.3. The summed E-state index contributed by atoms with van der Waals surface area (Å²) in [5.74, 6) is 1.09. The number of anilines is 1. The van der Waals surface area contributed by atoms with Crippen LogP contribution in [0.4, 0.5) is 5.69 Å². The molecule has 0 aliphatic heterocycles. The summed E-state index contributed by atoms with van der Waals surface area (Å²) < 4.78 is 16.3. The van der Waals surface area contributed by atoms with Gasteiger partial charge in [-0.15, -0.1) is 0 Å². The molecule has 0 bridgehead atoms. The van der Waals surface area contributed by atoms with Crippen LogP contribution in [-0.4, -0.2) is 32.3 Å². The molecule has 2 aromatic carbocycles. The minimum Gasteiger partial charge on any atom is -0.491 e. The van der Waals surface area contributed by atoms with Crippen LogP contribution in [0.3, 0.4) is 0 Å². The van der Waals surface area contributed by atoms with Crippen molar-refractivity contribution in [2.45, 2.75) is 6.92 Å². The Bertz CT molecular complexity index is 700. The summed E-state index contributed by atoms with van der Waals surface area (Å²) in [4.78, 5) is 12.4. The summed E-state index contributed by atoms with van der Waals surface area (Å²) >= 11 is 0. The van der Waals surface area contributed by atoms with Crippen molar-refractivity contribution in [1.82, 2.24) is 0 Å². The maximum Gasteiger partial charge on any atom is 0.255 e. The van der Waals surface area contributed by atoms with E-state index in [1.165, 1.54) is 0 Å². The summed E-state index contributed by atoms with van der Waals surface area (Å²) in [5, 5.41) is 2.85. The van der Waals surface area contributed by atoms with Crippen molar-refractivity contribution in [1.29, 1.82) is 0 Å². The number of hydrogen-bond acceptors (Lipinski definition) is 4. The number of carbonyl (C=O) groups is 1. The van der Waals surface area contributed by atoms with Crippen LogP contribution in [0.25, 0.3) is 0 Å². The third-order valence-electron chi connectivity index (χ3n) is 3.26. The van der Waals surface area contributed by atoms with E-state index in [9.17, 15) is 4.79 Å².